The van der Waals surface area contributed by atoms with Crippen LogP contribution in [0.5, 0.6) is 0 Å². The predicted octanol–water partition coefficient (Wildman–Crippen LogP) is 3.24. The fourth-order valence-electron chi connectivity index (χ4n) is 2.73. The normalized spacial score (nSPS) is 16.5. The van der Waals surface area contributed by atoms with E-state index in [1.165, 1.54) is 28.4 Å². The second kappa shape index (κ2) is 7.33. The third kappa shape index (κ3) is 3.30. The number of ether oxygens (including phenoxy) is 1. The molecule has 1 aromatic heterocycles. The molecule has 0 spiro atoms. The first-order valence-corrected chi connectivity index (χ1v) is 8.76. The van der Waals surface area contributed by atoms with Gasteiger partial charge >= 0.3 is 0 Å². The molecule has 0 aliphatic carbocycles. The highest BCUT2D eigenvalue weighted by Gasteiger charge is 2.36. The highest BCUT2D eigenvalue weighted by Crippen LogP contribution is 2.33. The Kier molecular flexibility index (Phi) is 4.72. The fourth-order valence-corrected chi connectivity index (χ4v) is 3.13. The van der Waals surface area contributed by atoms with Crippen molar-refractivity contribution in [2.75, 3.05) is 5.01 Å². The van der Waals surface area contributed by atoms with Crippen LogP contribution in [0.25, 0.3) is 0 Å². The molecule has 140 valence electrons. The van der Waals surface area contributed by atoms with Crippen LogP contribution in [0.15, 0.2) is 66.2 Å². The highest BCUT2D eigenvalue weighted by atomic mass is 35.5. The number of thiocarbonyl (C=S) groups is 1. The number of rotatable bonds is 4. The van der Waals surface area contributed by atoms with Crippen molar-refractivity contribution in [3.8, 4) is 0 Å². The molecule has 1 aliphatic heterocycles. The molecule has 1 unspecified atom stereocenters. The van der Waals surface area contributed by atoms with Gasteiger partial charge in [0.05, 0.1) is 10.5 Å². The maximum Gasteiger partial charge on any atom is 0.278 e. The summed E-state index contributed by atoms with van der Waals surface area (Å²) in [7, 11) is 0. The molecule has 11 heteroatoms. The van der Waals surface area contributed by atoms with Gasteiger partial charge in [-0.05, 0) is 42.5 Å². The van der Waals surface area contributed by atoms with Crippen LogP contribution in [-0.2, 0) is 4.74 Å². The molecular formula is C17H11ClN6O3S. The Morgan fingerprint density at radius 1 is 1.11 bits per heavy atom. The zero-order valence-electron chi connectivity index (χ0n) is 14.0. The van der Waals surface area contributed by atoms with Crippen molar-refractivity contribution >= 4 is 40.5 Å². The van der Waals surface area contributed by atoms with Crippen LogP contribution < -0.4 is 5.01 Å². The van der Waals surface area contributed by atoms with E-state index in [1.54, 1.807) is 42.5 Å². The van der Waals surface area contributed by atoms with E-state index >= 15 is 0 Å². The molecule has 0 fully saturated rings. The van der Waals surface area contributed by atoms with E-state index in [9.17, 15) is 10.1 Å². The van der Waals surface area contributed by atoms with Crippen molar-refractivity contribution in [1.82, 2.24) is 14.9 Å². The molecule has 9 nitrogen and oxygen atoms in total. The first kappa shape index (κ1) is 18.0. The maximum atomic E-state index is 11.6. The van der Waals surface area contributed by atoms with Crippen LogP contribution in [-0.4, -0.2) is 30.8 Å². The second-order valence-corrected chi connectivity index (χ2v) is 6.48. The van der Waals surface area contributed by atoms with Gasteiger partial charge in [-0.2, -0.15) is 4.99 Å². The summed E-state index contributed by atoms with van der Waals surface area (Å²) in [5.74, 6) is 0.231. The van der Waals surface area contributed by atoms with E-state index in [2.05, 4.69) is 15.2 Å². The molecule has 1 aliphatic rings. The van der Waals surface area contributed by atoms with Crippen molar-refractivity contribution < 1.29 is 9.66 Å². The molecule has 0 N–H and O–H groups in total. The van der Waals surface area contributed by atoms with E-state index in [0.29, 0.717) is 16.1 Å². The Morgan fingerprint density at radius 3 is 2.46 bits per heavy atom. The summed E-state index contributed by atoms with van der Waals surface area (Å²) >= 11 is 11.4. The first-order chi connectivity index (χ1) is 13.5. The average molecular weight is 415 g/mol. The van der Waals surface area contributed by atoms with Crippen molar-refractivity contribution in [2.24, 2.45) is 4.99 Å². The number of nitro groups is 1. The van der Waals surface area contributed by atoms with Crippen LogP contribution in [0.2, 0.25) is 5.02 Å². The molecule has 0 saturated heterocycles. The van der Waals surface area contributed by atoms with Crippen molar-refractivity contribution in [2.45, 2.75) is 6.23 Å². The summed E-state index contributed by atoms with van der Waals surface area (Å²) in [6, 6.07) is 13.1. The van der Waals surface area contributed by atoms with Crippen molar-refractivity contribution in [1.29, 1.82) is 0 Å². The van der Waals surface area contributed by atoms with Gasteiger partial charge in [0.2, 0.25) is 17.2 Å². The number of hydrogen-bond donors (Lipinski definition) is 0. The number of nitrogens with zero attached hydrogens (tertiary/aromatic N) is 6. The lowest BCUT2D eigenvalue weighted by Crippen LogP contribution is -2.46. The molecule has 4 rings (SSSR count). The maximum absolute atomic E-state index is 11.6. The lowest BCUT2D eigenvalue weighted by Gasteiger charge is -2.35. The van der Waals surface area contributed by atoms with Gasteiger partial charge in [-0.1, -0.05) is 23.7 Å². The van der Waals surface area contributed by atoms with Gasteiger partial charge < -0.3 is 4.74 Å². The monoisotopic (exact) mass is 414 g/mol. The largest absolute Gasteiger partial charge is 0.446 e. The van der Waals surface area contributed by atoms with E-state index in [4.69, 9.17) is 28.6 Å². The van der Waals surface area contributed by atoms with Crippen LogP contribution in [0.1, 0.15) is 17.4 Å². The number of para-hydroxylation sites is 1. The minimum atomic E-state index is -0.951. The molecule has 28 heavy (non-hydrogen) atoms. The molecule has 2 heterocycles. The standard InChI is InChI=1S/C17H11ClN6O3S/c18-12-7-5-11(6-8-12)15-21-17(28)23(22-9-19-20-10-22)16(27-15)13-3-1-2-4-14(13)24(25)26/h1-10,16H. The van der Waals surface area contributed by atoms with Gasteiger partial charge in [0.15, 0.2) is 0 Å². The molecule has 0 saturated carbocycles. The third-order valence-corrected chi connectivity index (χ3v) is 4.51. The lowest BCUT2D eigenvalue weighted by atomic mass is 10.1. The van der Waals surface area contributed by atoms with Gasteiger partial charge in [-0.3, -0.25) is 10.1 Å². The van der Waals surface area contributed by atoms with Crippen molar-refractivity contribution in [3.63, 3.8) is 0 Å². The molecule has 1 atom stereocenters. The van der Waals surface area contributed by atoms with Crippen LogP contribution in [0, 0.1) is 10.1 Å². The number of nitro benzene ring substituents is 1. The molecular weight excluding hydrogens is 404 g/mol. The topological polar surface area (TPSA) is 98.7 Å². The zero-order valence-corrected chi connectivity index (χ0v) is 15.6. The van der Waals surface area contributed by atoms with E-state index < -0.39 is 11.2 Å². The molecule has 0 radical (unpaired) electrons. The Balaban J connectivity index is 1.84. The number of halogens is 1. The SMILES string of the molecule is O=[N+]([O-])c1ccccc1C1OC(c2ccc(Cl)cc2)=NC(=S)N1n1cnnc1. The lowest BCUT2D eigenvalue weighted by molar-refractivity contribution is -0.386. The predicted molar refractivity (Wildman–Crippen MR) is 106 cm³/mol. The summed E-state index contributed by atoms with van der Waals surface area (Å²) in [4.78, 5) is 15.4. The minimum absolute atomic E-state index is 0.106. The van der Waals surface area contributed by atoms with Crippen LogP contribution in [0.3, 0.4) is 0 Å². The Bertz CT molecular complexity index is 1070. The number of benzene rings is 2. The van der Waals surface area contributed by atoms with Crippen LogP contribution >= 0.6 is 23.8 Å². The molecule has 2 aromatic carbocycles. The summed E-state index contributed by atoms with van der Waals surface area (Å²) in [6.07, 6.45) is 1.86. The van der Waals surface area contributed by atoms with E-state index in [0.717, 1.165) is 0 Å². The molecule has 0 amide bonds. The molecule has 3 aromatic rings. The summed E-state index contributed by atoms with van der Waals surface area (Å²) in [5.41, 5.74) is 0.842. The smallest absolute Gasteiger partial charge is 0.278 e. The van der Waals surface area contributed by atoms with Gasteiger partial charge in [0.1, 0.15) is 12.7 Å². The fraction of sp³-hybridized carbons (Fsp3) is 0.0588. The van der Waals surface area contributed by atoms with E-state index in [1.807, 2.05) is 0 Å². The molecule has 0 bridgehead atoms. The number of hydrogen-bond acceptors (Lipinski definition) is 6. The van der Waals surface area contributed by atoms with Gasteiger partial charge in [0, 0.05) is 16.7 Å². The zero-order chi connectivity index (χ0) is 19.7. The third-order valence-electron chi connectivity index (χ3n) is 3.98. The van der Waals surface area contributed by atoms with Crippen LogP contribution in [0.4, 0.5) is 5.69 Å². The van der Waals surface area contributed by atoms with Crippen molar-refractivity contribution in [3.05, 3.63) is 87.4 Å². The minimum Gasteiger partial charge on any atom is -0.446 e. The van der Waals surface area contributed by atoms with Gasteiger partial charge in [0.25, 0.3) is 5.69 Å². The Hall–Kier alpha value is -3.37. The van der Waals surface area contributed by atoms with Gasteiger partial charge in [-0.15, -0.1) is 10.2 Å². The average Bonchev–Trinajstić information content (AvgIpc) is 3.22. The summed E-state index contributed by atoms with van der Waals surface area (Å²) in [5, 5.41) is 21.2. The Morgan fingerprint density at radius 2 is 1.79 bits per heavy atom. The quantitative estimate of drug-likeness (QED) is 0.367. The second-order valence-electron chi connectivity index (χ2n) is 5.68. The van der Waals surface area contributed by atoms with E-state index in [-0.39, 0.29) is 16.7 Å². The number of aliphatic imine (C=N–C) groups is 1. The Labute approximate surface area is 169 Å². The highest BCUT2D eigenvalue weighted by molar-refractivity contribution is 7.80. The summed E-state index contributed by atoms with van der Waals surface area (Å²) < 4.78 is 7.52. The summed E-state index contributed by atoms with van der Waals surface area (Å²) in [6.45, 7) is 0. The van der Waals surface area contributed by atoms with Gasteiger partial charge in [-0.25, -0.2) is 9.69 Å². The first-order valence-electron chi connectivity index (χ1n) is 7.97. The number of aromatic nitrogens is 3.